The smallest absolute Gasteiger partial charge is 0.330 e. The summed E-state index contributed by atoms with van der Waals surface area (Å²) in [6, 6.07) is 6.61. The summed E-state index contributed by atoms with van der Waals surface area (Å²) in [5.74, 6) is -0.290. The van der Waals surface area contributed by atoms with E-state index in [9.17, 15) is 14.4 Å². The number of benzene rings is 1. The molecule has 0 saturated heterocycles. The Labute approximate surface area is 162 Å². The molecule has 1 aromatic carbocycles. The molecule has 1 amide bonds. The highest BCUT2D eigenvalue weighted by molar-refractivity contribution is 6.34. The fourth-order valence-electron chi connectivity index (χ4n) is 2.81. The van der Waals surface area contributed by atoms with Crippen molar-refractivity contribution in [1.29, 1.82) is 0 Å². The molecule has 0 radical (unpaired) electrons. The number of H-pyrrole nitrogens is 1. The van der Waals surface area contributed by atoms with Gasteiger partial charge in [0.15, 0.2) is 5.69 Å². The van der Waals surface area contributed by atoms with Crippen molar-refractivity contribution >= 4 is 29.0 Å². The highest BCUT2D eigenvalue weighted by atomic mass is 35.5. The molecule has 0 spiro atoms. The topological polar surface area (TPSA) is 101 Å². The van der Waals surface area contributed by atoms with Gasteiger partial charge in [0.25, 0.3) is 11.5 Å². The Morgan fingerprint density at radius 3 is 2.37 bits per heavy atom. The third-order valence-corrected chi connectivity index (χ3v) is 4.26. The Balaban J connectivity index is 2.67. The molecule has 1 aromatic heterocycles. The number of hydrogen-bond acceptors (Lipinski definition) is 4. The monoisotopic (exact) mass is 392 g/mol. The van der Waals surface area contributed by atoms with Crippen LogP contribution in [0.3, 0.4) is 0 Å². The van der Waals surface area contributed by atoms with Crippen molar-refractivity contribution in [2.24, 2.45) is 11.8 Å². The van der Waals surface area contributed by atoms with Crippen molar-refractivity contribution in [1.82, 2.24) is 9.55 Å². The standard InChI is InChI=1S/C19H25ClN4O3/c1-11(2)9-23(18(26)13-7-5-6-8-14(13)20)15-16(21)24(10-12(3)4)19(27)22-17(15)25/h5-8,11-12H,9-10,21H2,1-4H3,(H,22,25,27). The van der Waals surface area contributed by atoms with Crippen molar-refractivity contribution in [3.8, 4) is 0 Å². The number of aromatic nitrogens is 2. The Morgan fingerprint density at radius 1 is 1.19 bits per heavy atom. The van der Waals surface area contributed by atoms with Crippen LogP contribution in [0.25, 0.3) is 0 Å². The van der Waals surface area contributed by atoms with E-state index in [1.54, 1.807) is 24.3 Å². The lowest BCUT2D eigenvalue weighted by atomic mass is 10.1. The molecule has 0 aliphatic rings. The van der Waals surface area contributed by atoms with Crippen molar-refractivity contribution in [2.75, 3.05) is 17.2 Å². The lowest BCUT2D eigenvalue weighted by Gasteiger charge is -2.26. The minimum Gasteiger partial charge on any atom is -0.383 e. The molecular formula is C19H25ClN4O3. The van der Waals surface area contributed by atoms with Crippen LogP contribution >= 0.6 is 11.6 Å². The van der Waals surface area contributed by atoms with Gasteiger partial charge in [0.2, 0.25) is 0 Å². The summed E-state index contributed by atoms with van der Waals surface area (Å²) in [7, 11) is 0. The van der Waals surface area contributed by atoms with Crippen molar-refractivity contribution in [2.45, 2.75) is 34.2 Å². The van der Waals surface area contributed by atoms with Crippen LogP contribution in [0.4, 0.5) is 11.5 Å². The van der Waals surface area contributed by atoms with Gasteiger partial charge in [-0.3, -0.25) is 19.1 Å². The fourth-order valence-corrected chi connectivity index (χ4v) is 3.02. The maximum Gasteiger partial charge on any atom is 0.330 e. The molecule has 3 N–H and O–H groups in total. The van der Waals surface area contributed by atoms with Gasteiger partial charge < -0.3 is 10.6 Å². The second-order valence-electron chi connectivity index (χ2n) is 7.29. The Kier molecular flexibility index (Phi) is 6.49. The van der Waals surface area contributed by atoms with E-state index in [4.69, 9.17) is 17.3 Å². The molecule has 0 aliphatic carbocycles. The third kappa shape index (κ3) is 4.60. The number of rotatable bonds is 6. The number of anilines is 2. The molecule has 0 fully saturated rings. The second-order valence-corrected chi connectivity index (χ2v) is 7.69. The van der Waals surface area contributed by atoms with E-state index in [0.29, 0.717) is 6.54 Å². The first-order chi connectivity index (χ1) is 12.6. The van der Waals surface area contributed by atoms with Crippen LogP contribution in [0, 0.1) is 11.8 Å². The zero-order valence-corrected chi connectivity index (χ0v) is 16.7. The quantitative estimate of drug-likeness (QED) is 0.789. The van der Waals surface area contributed by atoms with Gasteiger partial charge in [-0.15, -0.1) is 0 Å². The molecule has 27 heavy (non-hydrogen) atoms. The minimum atomic E-state index is -0.696. The molecule has 7 nitrogen and oxygen atoms in total. The zero-order chi connectivity index (χ0) is 20.3. The molecule has 146 valence electrons. The molecule has 8 heteroatoms. The van der Waals surface area contributed by atoms with E-state index in [1.165, 1.54) is 9.47 Å². The molecule has 1 heterocycles. The summed E-state index contributed by atoms with van der Waals surface area (Å²) in [4.78, 5) is 41.5. The normalized spacial score (nSPS) is 11.2. The van der Waals surface area contributed by atoms with E-state index in [1.807, 2.05) is 27.7 Å². The van der Waals surface area contributed by atoms with Crippen molar-refractivity contribution < 1.29 is 4.79 Å². The average molecular weight is 393 g/mol. The highest BCUT2D eigenvalue weighted by Crippen LogP contribution is 2.24. The minimum absolute atomic E-state index is 0.0292. The van der Waals surface area contributed by atoms with Crippen LogP contribution < -0.4 is 21.9 Å². The summed E-state index contributed by atoms with van der Waals surface area (Å²) >= 11 is 6.17. The summed E-state index contributed by atoms with van der Waals surface area (Å²) in [5.41, 5.74) is 5.12. The number of nitrogens with two attached hydrogens (primary N) is 1. The summed E-state index contributed by atoms with van der Waals surface area (Å²) in [6.45, 7) is 8.26. The maximum atomic E-state index is 13.2. The first-order valence-corrected chi connectivity index (χ1v) is 9.20. The number of nitrogens with zero attached hydrogens (tertiary/aromatic N) is 2. The number of hydrogen-bond donors (Lipinski definition) is 2. The van der Waals surface area contributed by atoms with Crippen LogP contribution in [0.1, 0.15) is 38.1 Å². The van der Waals surface area contributed by atoms with E-state index < -0.39 is 17.2 Å². The second kappa shape index (κ2) is 8.43. The largest absolute Gasteiger partial charge is 0.383 e. The summed E-state index contributed by atoms with van der Waals surface area (Å²) in [6.07, 6.45) is 0. The predicted octanol–water partition coefficient (Wildman–Crippen LogP) is 2.73. The number of nitrogen functional groups attached to an aromatic ring is 1. The number of carbonyl (C=O) groups is 1. The molecule has 0 bridgehead atoms. The average Bonchev–Trinajstić information content (AvgIpc) is 2.57. The van der Waals surface area contributed by atoms with Gasteiger partial charge in [-0.1, -0.05) is 51.4 Å². The molecule has 2 rings (SSSR count). The van der Waals surface area contributed by atoms with E-state index >= 15 is 0 Å². The molecule has 0 saturated carbocycles. The SMILES string of the molecule is CC(C)CN(C(=O)c1ccccc1Cl)c1c(N)n(CC(C)C)c(=O)[nH]c1=O. The first kappa shape index (κ1) is 20.8. The van der Waals surface area contributed by atoms with Gasteiger partial charge in [0.05, 0.1) is 10.6 Å². The van der Waals surface area contributed by atoms with Gasteiger partial charge >= 0.3 is 5.69 Å². The third-order valence-electron chi connectivity index (χ3n) is 3.93. The molecule has 0 aliphatic heterocycles. The van der Waals surface area contributed by atoms with Gasteiger partial charge in [0.1, 0.15) is 5.82 Å². The van der Waals surface area contributed by atoms with Crippen LogP contribution in [-0.4, -0.2) is 22.0 Å². The number of halogens is 1. The Hall–Kier alpha value is -2.54. The first-order valence-electron chi connectivity index (χ1n) is 8.82. The number of nitrogens with one attached hydrogen (secondary N) is 1. The number of amides is 1. The highest BCUT2D eigenvalue weighted by Gasteiger charge is 2.27. The lowest BCUT2D eigenvalue weighted by Crippen LogP contribution is -2.43. The number of carbonyl (C=O) groups excluding carboxylic acids is 1. The molecule has 0 unspecified atom stereocenters. The van der Waals surface area contributed by atoms with Gasteiger partial charge in [0, 0.05) is 13.1 Å². The maximum absolute atomic E-state index is 13.2. The molecule has 0 atom stereocenters. The molecular weight excluding hydrogens is 368 g/mol. The van der Waals surface area contributed by atoms with Gasteiger partial charge in [-0.25, -0.2) is 4.79 Å². The Bertz CT molecular complexity index is 947. The van der Waals surface area contributed by atoms with Crippen LogP contribution in [0.5, 0.6) is 0 Å². The summed E-state index contributed by atoms with van der Waals surface area (Å²) < 4.78 is 1.29. The fraction of sp³-hybridized carbons (Fsp3) is 0.421. The van der Waals surface area contributed by atoms with Crippen LogP contribution in [-0.2, 0) is 6.54 Å². The van der Waals surface area contributed by atoms with Crippen LogP contribution in [0.2, 0.25) is 5.02 Å². The van der Waals surface area contributed by atoms with Crippen molar-refractivity contribution in [3.63, 3.8) is 0 Å². The Morgan fingerprint density at radius 2 is 1.81 bits per heavy atom. The zero-order valence-electron chi connectivity index (χ0n) is 16.0. The predicted molar refractivity (Wildman–Crippen MR) is 109 cm³/mol. The van der Waals surface area contributed by atoms with E-state index in [-0.39, 0.29) is 40.5 Å². The molecule has 2 aromatic rings. The van der Waals surface area contributed by atoms with Gasteiger partial charge in [-0.05, 0) is 24.0 Å². The van der Waals surface area contributed by atoms with Crippen LogP contribution in [0.15, 0.2) is 33.9 Å². The van der Waals surface area contributed by atoms with Gasteiger partial charge in [-0.2, -0.15) is 0 Å². The lowest BCUT2D eigenvalue weighted by molar-refractivity contribution is 0.0983. The van der Waals surface area contributed by atoms with Crippen molar-refractivity contribution in [3.05, 3.63) is 55.7 Å². The summed E-state index contributed by atoms with van der Waals surface area (Å²) in [5, 5.41) is 0.279. The van der Waals surface area contributed by atoms with E-state index in [0.717, 1.165) is 0 Å². The number of aromatic amines is 1. The van der Waals surface area contributed by atoms with E-state index in [2.05, 4.69) is 4.98 Å².